The zero-order chi connectivity index (χ0) is 13.4. The average molecular weight is 271 g/mol. The summed E-state index contributed by atoms with van der Waals surface area (Å²) < 4.78 is 0. The number of aromatic nitrogens is 2. The molecule has 0 aliphatic carbocycles. The summed E-state index contributed by atoms with van der Waals surface area (Å²) in [5.74, 6) is 0. The molecule has 4 rings (SSSR count). The molecule has 2 fully saturated rings. The molecule has 0 amide bonds. The molecule has 2 saturated heterocycles. The minimum Gasteiger partial charge on any atom is -0.346 e. The highest BCUT2D eigenvalue weighted by molar-refractivity contribution is 5.79. The molecule has 2 aliphatic heterocycles. The van der Waals surface area contributed by atoms with Gasteiger partial charge in [0.25, 0.3) is 0 Å². The Morgan fingerprint density at radius 1 is 1.20 bits per heavy atom. The van der Waals surface area contributed by atoms with Crippen LogP contribution >= 0.6 is 0 Å². The highest BCUT2D eigenvalue weighted by Gasteiger charge is 2.27. The van der Waals surface area contributed by atoms with E-state index in [1.165, 1.54) is 50.2 Å². The van der Waals surface area contributed by atoms with Gasteiger partial charge >= 0.3 is 0 Å². The van der Waals surface area contributed by atoms with Crippen LogP contribution in [0.5, 0.6) is 0 Å². The van der Waals surface area contributed by atoms with E-state index in [0.717, 1.165) is 18.2 Å². The highest BCUT2D eigenvalue weighted by Crippen LogP contribution is 2.19. The molecule has 2 aliphatic rings. The van der Waals surface area contributed by atoms with E-state index in [1.54, 1.807) is 0 Å². The fraction of sp³-hybridized carbons (Fsp3) is 0.533. The summed E-state index contributed by atoms with van der Waals surface area (Å²) in [5, 5.41) is 4.62. The molecular formula is C15H21N5. The number of aromatic amines is 1. The molecule has 0 unspecified atom stereocenters. The molecule has 5 nitrogen and oxygen atoms in total. The molecule has 0 saturated carbocycles. The van der Waals surface area contributed by atoms with Crippen LogP contribution in [0.2, 0.25) is 0 Å². The molecule has 0 spiro atoms. The molecule has 0 atom stereocenters. The Bertz CT molecular complexity index is 581. The van der Waals surface area contributed by atoms with E-state index in [9.17, 15) is 0 Å². The van der Waals surface area contributed by atoms with Crippen LogP contribution in [0.4, 0.5) is 0 Å². The third-order valence-electron chi connectivity index (χ3n) is 4.61. The number of piperazine rings is 1. The fourth-order valence-corrected chi connectivity index (χ4v) is 3.20. The second-order valence-corrected chi connectivity index (χ2v) is 5.84. The lowest BCUT2D eigenvalue weighted by Crippen LogP contribution is -2.61. The van der Waals surface area contributed by atoms with E-state index < -0.39 is 0 Å². The number of nitrogens with zero attached hydrogens (tertiary/aromatic N) is 3. The van der Waals surface area contributed by atoms with Gasteiger partial charge in [0.1, 0.15) is 5.65 Å². The van der Waals surface area contributed by atoms with E-state index in [2.05, 4.69) is 37.3 Å². The lowest BCUT2D eigenvalue weighted by Gasteiger charge is -2.43. The van der Waals surface area contributed by atoms with E-state index in [4.69, 9.17) is 0 Å². The number of hydrogen-bond acceptors (Lipinski definition) is 4. The number of hydrogen-bond donors (Lipinski definition) is 2. The standard InChI is InChI=1S/C15H21N5/c1-2-14-12(8-18-15(14)17-3-1)11-19-4-6-20(7-5-19)13-9-16-10-13/h1-3,8,13,16H,4-7,9-11H2,(H,17,18). The van der Waals surface area contributed by atoms with Gasteiger partial charge in [-0.1, -0.05) is 0 Å². The van der Waals surface area contributed by atoms with Crippen molar-refractivity contribution in [3.8, 4) is 0 Å². The number of rotatable bonds is 3. The zero-order valence-electron chi connectivity index (χ0n) is 11.7. The molecule has 5 heteroatoms. The predicted octanol–water partition coefficient (Wildman–Crippen LogP) is 0.652. The zero-order valence-corrected chi connectivity index (χ0v) is 11.7. The Hall–Kier alpha value is -1.43. The van der Waals surface area contributed by atoms with Gasteiger partial charge in [0.05, 0.1) is 0 Å². The van der Waals surface area contributed by atoms with Gasteiger partial charge in [-0.25, -0.2) is 4.98 Å². The van der Waals surface area contributed by atoms with E-state index >= 15 is 0 Å². The summed E-state index contributed by atoms with van der Waals surface area (Å²) in [5.41, 5.74) is 2.37. The predicted molar refractivity (Wildman–Crippen MR) is 79.6 cm³/mol. The van der Waals surface area contributed by atoms with E-state index in [1.807, 2.05) is 12.3 Å². The third-order valence-corrected chi connectivity index (χ3v) is 4.61. The number of fused-ring (bicyclic) bond motifs is 1. The maximum Gasteiger partial charge on any atom is 0.137 e. The maximum absolute atomic E-state index is 4.36. The van der Waals surface area contributed by atoms with Crippen LogP contribution in [-0.4, -0.2) is 65.1 Å². The van der Waals surface area contributed by atoms with Gasteiger partial charge in [-0.3, -0.25) is 9.80 Å². The first-order chi connectivity index (χ1) is 9.90. The van der Waals surface area contributed by atoms with Gasteiger partial charge in [0, 0.05) is 69.6 Å². The summed E-state index contributed by atoms with van der Waals surface area (Å²) >= 11 is 0. The van der Waals surface area contributed by atoms with Gasteiger partial charge in [-0.15, -0.1) is 0 Å². The first kappa shape index (κ1) is 12.3. The van der Waals surface area contributed by atoms with Crippen LogP contribution in [-0.2, 0) is 6.54 Å². The van der Waals surface area contributed by atoms with Crippen LogP contribution in [0, 0.1) is 0 Å². The van der Waals surface area contributed by atoms with Crippen molar-refractivity contribution in [1.29, 1.82) is 0 Å². The van der Waals surface area contributed by atoms with Crippen molar-refractivity contribution in [2.75, 3.05) is 39.3 Å². The normalized spacial score (nSPS) is 22.2. The Kier molecular flexibility index (Phi) is 3.18. The van der Waals surface area contributed by atoms with Gasteiger partial charge < -0.3 is 10.3 Å². The van der Waals surface area contributed by atoms with Gasteiger partial charge in [-0.05, 0) is 17.7 Å². The smallest absolute Gasteiger partial charge is 0.137 e. The largest absolute Gasteiger partial charge is 0.346 e. The van der Waals surface area contributed by atoms with Crippen LogP contribution < -0.4 is 5.32 Å². The minimum absolute atomic E-state index is 0.787. The summed E-state index contributed by atoms with van der Waals surface area (Å²) in [6.07, 6.45) is 3.95. The molecule has 2 aromatic rings. The van der Waals surface area contributed by atoms with Crippen molar-refractivity contribution in [2.24, 2.45) is 0 Å². The molecule has 0 aromatic carbocycles. The number of nitrogens with one attached hydrogen (secondary N) is 2. The number of H-pyrrole nitrogens is 1. The van der Waals surface area contributed by atoms with E-state index in [-0.39, 0.29) is 0 Å². The van der Waals surface area contributed by atoms with Crippen LogP contribution in [0.1, 0.15) is 5.56 Å². The Labute approximate surface area is 119 Å². The molecule has 0 bridgehead atoms. The quantitative estimate of drug-likeness (QED) is 0.860. The molecule has 20 heavy (non-hydrogen) atoms. The van der Waals surface area contributed by atoms with Crippen molar-refractivity contribution in [1.82, 2.24) is 25.1 Å². The molecule has 0 radical (unpaired) electrons. The summed E-state index contributed by atoms with van der Waals surface area (Å²) in [4.78, 5) is 12.8. The van der Waals surface area contributed by atoms with Crippen molar-refractivity contribution in [3.63, 3.8) is 0 Å². The van der Waals surface area contributed by atoms with Crippen LogP contribution in [0.25, 0.3) is 11.0 Å². The van der Waals surface area contributed by atoms with Gasteiger partial charge in [-0.2, -0.15) is 0 Å². The Balaban J connectivity index is 1.40. The fourth-order valence-electron chi connectivity index (χ4n) is 3.20. The second-order valence-electron chi connectivity index (χ2n) is 5.84. The molecule has 2 N–H and O–H groups in total. The molecule has 4 heterocycles. The lowest BCUT2D eigenvalue weighted by atomic mass is 10.1. The number of pyridine rings is 1. The van der Waals surface area contributed by atoms with Crippen molar-refractivity contribution in [2.45, 2.75) is 12.6 Å². The first-order valence-corrected chi connectivity index (χ1v) is 7.48. The molecule has 2 aromatic heterocycles. The van der Waals surface area contributed by atoms with Crippen LogP contribution in [0.3, 0.4) is 0 Å². The van der Waals surface area contributed by atoms with Crippen molar-refractivity contribution < 1.29 is 0 Å². The Morgan fingerprint density at radius 3 is 2.80 bits per heavy atom. The maximum atomic E-state index is 4.36. The van der Waals surface area contributed by atoms with Crippen LogP contribution in [0.15, 0.2) is 24.5 Å². The Morgan fingerprint density at radius 2 is 2.05 bits per heavy atom. The average Bonchev–Trinajstić information content (AvgIpc) is 2.83. The summed E-state index contributed by atoms with van der Waals surface area (Å²) in [6, 6.07) is 4.96. The lowest BCUT2D eigenvalue weighted by molar-refractivity contribution is 0.0697. The summed E-state index contributed by atoms with van der Waals surface area (Å²) in [7, 11) is 0. The SMILES string of the molecule is c1cnc2[nH]cc(CN3CCN(C4CNC4)CC3)c2c1. The second kappa shape index (κ2) is 5.16. The van der Waals surface area contributed by atoms with E-state index in [0.29, 0.717) is 0 Å². The molecular weight excluding hydrogens is 250 g/mol. The van der Waals surface area contributed by atoms with Crippen molar-refractivity contribution >= 4 is 11.0 Å². The first-order valence-electron chi connectivity index (χ1n) is 7.48. The summed E-state index contributed by atoms with van der Waals surface area (Å²) in [6.45, 7) is 8.12. The molecule has 106 valence electrons. The topological polar surface area (TPSA) is 47.2 Å². The van der Waals surface area contributed by atoms with Gasteiger partial charge in [0.15, 0.2) is 0 Å². The monoisotopic (exact) mass is 271 g/mol. The van der Waals surface area contributed by atoms with Crippen molar-refractivity contribution in [3.05, 3.63) is 30.1 Å². The highest BCUT2D eigenvalue weighted by atomic mass is 15.3. The third kappa shape index (κ3) is 2.22. The minimum atomic E-state index is 0.787. The van der Waals surface area contributed by atoms with Gasteiger partial charge in [0.2, 0.25) is 0 Å².